The number of halogens is 4. The zero-order valence-electron chi connectivity index (χ0n) is 59.5. The Morgan fingerprint density at radius 3 is 1.00 bits per heavy atom. The van der Waals surface area contributed by atoms with Crippen LogP contribution in [0.15, 0.2) is 201 Å². The molecule has 17 rings (SSSR count). The summed E-state index contributed by atoms with van der Waals surface area (Å²) >= 11 is 5.86. The maximum atomic E-state index is 12.7. The molecule has 106 heavy (non-hydrogen) atoms. The number of benzene rings is 6. The summed E-state index contributed by atoms with van der Waals surface area (Å²) in [6.07, 6.45) is 16.4. The van der Waals surface area contributed by atoms with Crippen molar-refractivity contribution in [1.29, 1.82) is 0 Å². The summed E-state index contributed by atoms with van der Waals surface area (Å²) in [6, 6.07) is 59.3. The smallest absolute Gasteiger partial charge is 0.365 e. The zero-order chi connectivity index (χ0) is 72.3. The van der Waals surface area contributed by atoms with E-state index in [0.717, 1.165) is 168 Å². The van der Waals surface area contributed by atoms with Crippen molar-refractivity contribution in [3.8, 4) is 0 Å². The molecule has 0 atom stereocenters. The number of fused-ring (bicyclic) bond motifs is 5. The van der Waals surface area contributed by atoms with E-state index < -0.39 is 11.9 Å². The van der Waals surface area contributed by atoms with Crippen LogP contribution in [0.1, 0.15) is 111 Å². The van der Waals surface area contributed by atoms with Crippen LogP contribution in [0, 0.1) is 0 Å². The Labute approximate surface area is 620 Å². The van der Waals surface area contributed by atoms with Crippen LogP contribution in [-0.4, -0.2) is 107 Å². The highest BCUT2D eigenvalue weighted by Crippen LogP contribution is 2.33. The van der Waals surface area contributed by atoms with Crippen molar-refractivity contribution in [2.24, 2.45) is 0 Å². The third kappa shape index (κ3) is 18.7. The molecule has 0 amide bonds. The van der Waals surface area contributed by atoms with Crippen LogP contribution in [0.4, 0.5) is 60.2 Å². The Morgan fingerprint density at radius 1 is 0.302 bits per heavy atom. The highest BCUT2D eigenvalue weighted by atomic mass is 35.5. The first kappa shape index (κ1) is 71.8. The van der Waals surface area contributed by atoms with Gasteiger partial charge in [-0.1, -0.05) is 134 Å². The molecule has 4 N–H and O–H groups in total. The lowest BCUT2D eigenvalue weighted by molar-refractivity contribution is -0.141. The number of piperidine rings is 3. The molecule has 0 spiro atoms. The maximum Gasteiger partial charge on any atom is 0.433 e. The topological polar surface area (TPSA) is 203 Å². The van der Waals surface area contributed by atoms with E-state index in [9.17, 15) is 13.2 Å². The third-order valence-corrected chi connectivity index (χ3v) is 19.7. The third-order valence-electron chi connectivity index (χ3n) is 19.5. The minimum atomic E-state index is -4.43. The lowest BCUT2D eigenvalue weighted by atomic mass is 10.1. The van der Waals surface area contributed by atoms with E-state index in [4.69, 9.17) is 51.5 Å². The predicted molar refractivity (Wildman–Crippen MR) is 423 cm³/mol. The predicted octanol–water partition coefficient (Wildman–Crippen LogP) is 18.3. The molecule has 13 aromatic rings. The summed E-state index contributed by atoms with van der Waals surface area (Å²) < 4.78 is 38.0. The first-order valence-corrected chi connectivity index (χ1v) is 37.5. The van der Waals surface area contributed by atoms with Gasteiger partial charge in [-0.2, -0.15) is 33.1 Å². The SMILES string of the molecule is Clc1ccc(CNc2nc(N3CCCCC3)nc3ccccc23)cn1.FC(F)(F)c1ccc(CNc2nc(N3CCCCC3)nc3ccccc23)cn1.c1ccc(CNc2nc(N3CCCCCC3)nc3ccccc23)cc1.c1ccc2c(CNc3nc(N4CCCCC4)nc4ccccc34)ccnc2c1. The average molecular weight is 1440 g/mol. The summed E-state index contributed by atoms with van der Waals surface area (Å²) in [5.41, 5.74) is 8.10. The monoisotopic (exact) mass is 1440 g/mol. The van der Waals surface area contributed by atoms with E-state index in [2.05, 4.69) is 129 Å². The molecule has 0 unspecified atom stereocenters. The van der Waals surface area contributed by atoms with Gasteiger partial charge < -0.3 is 40.9 Å². The maximum absolute atomic E-state index is 12.7. The molecule has 23 heteroatoms. The molecule has 0 aliphatic carbocycles. The molecule has 7 aromatic heterocycles. The van der Waals surface area contributed by atoms with Gasteiger partial charge >= 0.3 is 6.18 Å². The highest BCUT2D eigenvalue weighted by molar-refractivity contribution is 6.29. The van der Waals surface area contributed by atoms with Gasteiger partial charge in [-0.3, -0.25) is 9.97 Å². The second-order valence-electron chi connectivity index (χ2n) is 27.0. The summed E-state index contributed by atoms with van der Waals surface area (Å²) in [7, 11) is 0. The van der Waals surface area contributed by atoms with Crippen LogP contribution in [0.25, 0.3) is 54.5 Å². The van der Waals surface area contributed by atoms with E-state index >= 15 is 0 Å². The number of hydrogen-bond acceptors (Lipinski definition) is 19. The van der Waals surface area contributed by atoms with Gasteiger partial charge in [0.05, 0.1) is 27.6 Å². The van der Waals surface area contributed by atoms with Crippen molar-refractivity contribution in [2.75, 3.05) is 93.2 Å². The Bertz CT molecular complexity index is 5010. The van der Waals surface area contributed by atoms with Crippen LogP contribution in [0.5, 0.6) is 0 Å². The van der Waals surface area contributed by atoms with Crippen molar-refractivity contribution in [3.05, 3.63) is 234 Å². The van der Waals surface area contributed by atoms with Gasteiger partial charge in [0.25, 0.3) is 0 Å². The Kier molecular flexibility index (Phi) is 23.8. The lowest BCUT2D eigenvalue weighted by Gasteiger charge is -2.27. The highest BCUT2D eigenvalue weighted by Gasteiger charge is 2.32. The lowest BCUT2D eigenvalue weighted by Crippen LogP contribution is -2.31. The minimum absolute atomic E-state index is 0.325. The summed E-state index contributed by atoms with van der Waals surface area (Å²) in [4.78, 5) is 59.6. The molecule has 4 saturated heterocycles. The summed E-state index contributed by atoms with van der Waals surface area (Å²) in [5.74, 6) is 6.55. The van der Waals surface area contributed by atoms with Crippen molar-refractivity contribution in [3.63, 3.8) is 0 Å². The second kappa shape index (κ2) is 35.1. The van der Waals surface area contributed by atoms with Crippen LogP contribution in [-0.2, 0) is 32.4 Å². The van der Waals surface area contributed by atoms with Crippen molar-refractivity contribution < 1.29 is 13.2 Å². The van der Waals surface area contributed by atoms with Crippen LogP contribution in [0.2, 0.25) is 5.15 Å². The molecule has 6 aromatic carbocycles. The van der Waals surface area contributed by atoms with Gasteiger partial charge in [0, 0.05) is 124 Å². The molecule has 11 heterocycles. The van der Waals surface area contributed by atoms with Gasteiger partial charge in [0.1, 0.15) is 34.1 Å². The number of hydrogen-bond donors (Lipinski definition) is 4. The molecule has 19 nitrogen and oxygen atoms in total. The molecule has 0 bridgehead atoms. The van der Waals surface area contributed by atoms with Crippen LogP contribution < -0.4 is 40.9 Å². The zero-order valence-corrected chi connectivity index (χ0v) is 60.2. The molecular weight excluding hydrogens is 1360 g/mol. The fraction of sp³-hybridized carbons (Fsp3) is 0.313. The molecule has 0 radical (unpaired) electrons. The molecule has 0 saturated carbocycles. The number of pyridine rings is 3. The quantitative estimate of drug-likeness (QED) is 0.0664. The van der Waals surface area contributed by atoms with Gasteiger partial charge in [-0.25, -0.2) is 24.9 Å². The largest absolute Gasteiger partial charge is 0.433 e. The van der Waals surface area contributed by atoms with E-state index in [-0.39, 0.29) is 0 Å². The number of anilines is 8. The second-order valence-corrected chi connectivity index (χ2v) is 27.4. The molecule has 4 fully saturated rings. The van der Waals surface area contributed by atoms with E-state index in [1.54, 1.807) is 12.3 Å². The normalized spacial score (nSPS) is 14.8. The first-order chi connectivity index (χ1) is 52.1. The number of aromatic nitrogens is 11. The fourth-order valence-corrected chi connectivity index (χ4v) is 13.9. The standard InChI is InChI=1S/C23H23N5.C21H24N4.C20H20F3N5.C19H20ClN5/c1-6-14-28(15-7-1)23-26-21-11-5-3-9-19(21)22(27-23)25-16-17-12-13-24-20-10-4-2-8-18(17)20;1-2-9-15-25(14-8-1)21-23-19-13-7-6-12-18(19)20(24-21)22-16-17-10-4-3-5-11-17;21-20(22,23)17-9-8-14(12-24-17)13-25-18-15-6-2-3-7-16(15)26-19(27-18)28-10-4-1-5-11-28;20-17-9-8-14(12-21-17)13-22-18-15-6-2-3-7-16(15)23-19(24-18)25-10-4-1-5-11-25/h2-5,8-13H,1,6-7,14-16H2,(H,25,26,27);3-7,10-13H,1-2,8-9,14-16H2,(H,22,23,24);2-3,6-9,12H,1,4-5,10-11,13H2,(H,25,26,27);2-3,6-9,12H,1,4-5,10-11,13H2,(H,22,23,24). The number of para-hydroxylation sites is 5. The summed E-state index contributed by atoms with van der Waals surface area (Å²) in [5, 5.41) is 19.5. The van der Waals surface area contributed by atoms with Crippen molar-refractivity contribution in [1.82, 2.24) is 54.8 Å². The average Bonchev–Trinajstić information content (AvgIpc) is 0.841. The minimum Gasteiger partial charge on any atom is -0.365 e. The van der Waals surface area contributed by atoms with Crippen LogP contribution >= 0.6 is 11.6 Å². The summed E-state index contributed by atoms with van der Waals surface area (Å²) in [6.45, 7) is 10.5. The number of rotatable bonds is 16. The van der Waals surface area contributed by atoms with Crippen LogP contribution in [0.3, 0.4) is 0 Å². The Hall–Kier alpha value is -11.1. The van der Waals surface area contributed by atoms with E-state index in [1.165, 1.54) is 99.4 Å². The van der Waals surface area contributed by atoms with E-state index in [0.29, 0.717) is 42.1 Å². The molecule has 4 aliphatic rings. The first-order valence-electron chi connectivity index (χ1n) is 37.1. The Morgan fingerprint density at radius 2 is 0.632 bits per heavy atom. The van der Waals surface area contributed by atoms with Crippen molar-refractivity contribution >= 4 is 113 Å². The number of nitrogens with one attached hydrogen (secondary N) is 4. The Balaban J connectivity index is 0.000000119. The van der Waals surface area contributed by atoms with Gasteiger partial charge in [-0.05, 0) is 166 Å². The van der Waals surface area contributed by atoms with Crippen molar-refractivity contribution in [2.45, 2.75) is 116 Å². The number of alkyl halides is 3. The fourth-order valence-electron chi connectivity index (χ4n) is 13.8. The molecule has 542 valence electrons. The van der Waals surface area contributed by atoms with Gasteiger partial charge in [0.2, 0.25) is 23.8 Å². The van der Waals surface area contributed by atoms with Gasteiger partial charge in [-0.15, -0.1) is 0 Å². The molecule has 4 aliphatic heterocycles. The number of nitrogens with zero attached hydrogens (tertiary/aromatic N) is 15. The molecular formula is C83H87ClF3N19. The van der Waals surface area contributed by atoms with Gasteiger partial charge in [0.15, 0.2) is 0 Å². The van der Waals surface area contributed by atoms with E-state index in [1.807, 2.05) is 97.2 Å².